The fraction of sp³-hybridized carbons (Fsp3) is 0.429. The van der Waals surface area contributed by atoms with Crippen molar-refractivity contribution in [3.8, 4) is 0 Å². The minimum Gasteiger partial charge on any atom is -0.475 e. The number of hydrogen-bond acceptors (Lipinski definition) is 4. The first kappa shape index (κ1) is 8.58. The summed E-state index contributed by atoms with van der Waals surface area (Å²) in [5.74, 6) is -1.27. The first-order valence-corrected chi connectivity index (χ1v) is 3.55. The maximum atomic E-state index is 10.3. The van der Waals surface area contributed by atoms with Crippen molar-refractivity contribution >= 4 is 12.0 Å². The SMILES string of the molecule is CC(C)Nc1ncc(C(=O)O)o1. The van der Waals surface area contributed by atoms with Crippen LogP contribution < -0.4 is 5.32 Å². The van der Waals surface area contributed by atoms with E-state index in [1.54, 1.807) is 0 Å². The summed E-state index contributed by atoms with van der Waals surface area (Å²) >= 11 is 0. The Balaban J connectivity index is 2.71. The number of anilines is 1. The average Bonchev–Trinajstić information content (AvgIpc) is 2.34. The fourth-order valence-corrected chi connectivity index (χ4v) is 0.687. The topological polar surface area (TPSA) is 75.4 Å². The molecule has 1 aromatic rings. The quantitative estimate of drug-likeness (QED) is 0.712. The van der Waals surface area contributed by atoms with Crippen molar-refractivity contribution in [2.45, 2.75) is 19.9 Å². The predicted octanol–water partition coefficient (Wildman–Crippen LogP) is 1.19. The maximum Gasteiger partial charge on any atom is 0.373 e. The Morgan fingerprint density at radius 2 is 2.42 bits per heavy atom. The van der Waals surface area contributed by atoms with Gasteiger partial charge in [0.2, 0.25) is 5.76 Å². The average molecular weight is 170 g/mol. The van der Waals surface area contributed by atoms with E-state index in [9.17, 15) is 4.79 Å². The van der Waals surface area contributed by atoms with Gasteiger partial charge in [-0.3, -0.25) is 0 Å². The van der Waals surface area contributed by atoms with Crippen LogP contribution in [0, 0.1) is 0 Å². The molecule has 0 aliphatic rings. The summed E-state index contributed by atoms with van der Waals surface area (Å²) in [6, 6.07) is 0.410. The Labute approximate surface area is 69.4 Å². The van der Waals surface area contributed by atoms with Crippen LogP contribution in [0.25, 0.3) is 0 Å². The van der Waals surface area contributed by atoms with Crippen LogP contribution in [0.1, 0.15) is 24.4 Å². The molecule has 0 saturated heterocycles. The molecule has 0 aliphatic heterocycles. The number of rotatable bonds is 3. The van der Waals surface area contributed by atoms with E-state index < -0.39 is 5.97 Å². The van der Waals surface area contributed by atoms with Crippen molar-refractivity contribution < 1.29 is 14.3 Å². The van der Waals surface area contributed by atoms with Crippen molar-refractivity contribution in [1.29, 1.82) is 0 Å². The van der Waals surface area contributed by atoms with E-state index in [1.165, 1.54) is 6.20 Å². The molecule has 0 unspecified atom stereocenters. The van der Waals surface area contributed by atoms with Gasteiger partial charge >= 0.3 is 5.97 Å². The van der Waals surface area contributed by atoms with Gasteiger partial charge in [0.05, 0.1) is 6.20 Å². The number of carbonyl (C=O) groups is 1. The normalized spacial score (nSPS) is 10.2. The Kier molecular flexibility index (Phi) is 2.32. The van der Waals surface area contributed by atoms with Crippen molar-refractivity contribution in [2.24, 2.45) is 0 Å². The smallest absolute Gasteiger partial charge is 0.373 e. The van der Waals surface area contributed by atoms with E-state index in [0.717, 1.165) is 0 Å². The van der Waals surface area contributed by atoms with Crippen LogP contribution in [0.4, 0.5) is 6.01 Å². The minimum atomic E-state index is -1.11. The molecule has 66 valence electrons. The molecule has 0 spiro atoms. The van der Waals surface area contributed by atoms with Crippen molar-refractivity contribution in [3.05, 3.63) is 12.0 Å². The van der Waals surface area contributed by atoms with Crippen LogP contribution in [-0.4, -0.2) is 22.1 Å². The first-order chi connectivity index (χ1) is 5.59. The second kappa shape index (κ2) is 3.25. The Morgan fingerprint density at radius 3 is 2.83 bits per heavy atom. The number of aromatic nitrogens is 1. The van der Waals surface area contributed by atoms with Gasteiger partial charge in [0, 0.05) is 6.04 Å². The third-order valence-electron chi connectivity index (χ3n) is 1.13. The summed E-state index contributed by atoms with van der Waals surface area (Å²) in [5.41, 5.74) is 0. The van der Waals surface area contributed by atoms with Crippen LogP contribution in [0.3, 0.4) is 0 Å². The third kappa shape index (κ3) is 1.98. The second-order valence-electron chi connectivity index (χ2n) is 2.63. The molecular formula is C7H10N2O3. The molecule has 0 aliphatic carbocycles. The molecule has 0 bridgehead atoms. The minimum absolute atomic E-state index is 0.154. The Morgan fingerprint density at radius 1 is 1.75 bits per heavy atom. The summed E-state index contributed by atoms with van der Waals surface area (Å²) in [6.07, 6.45) is 1.17. The zero-order chi connectivity index (χ0) is 9.14. The van der Waals surface area contributed by atoms with Gasteiger partial charge in [0.25, 0.3) is 6.01 Å². The molecule has 1 heterocycles. The van der Waals surface area contributed by atoms with E-state index >= 15 is 0 Å². The fourth-order valence-electron chi connectivity index (χ4n) is 0.687. The van der Waals surface area contributed by atoms with Crippen LogP contribution >= 0.6 is 0 Å². The first-order valence-electron chi connectivity index (χ1n) is 3.55. The lowest BCUT2D eigenvalue weighted by molar-refractivity contribution is 0.0663. The van der Waals surface area contributed by atoms with Gasteiger partial charge in [-0.25, -0.2) is 9.78 Å². The molecule has 0 atom stereocenters. The molecule has 1 rings (SSSR count). The van der Waals surface area contributed by atoms with Gasteiger partial charge in [-0.2, -0.15) is 0 Å². The molecule has 1 aromatic heterocycles. The highest BCUT2D eigenvalue weighted by Crippen LogP contribution is 2.09. The lowest BCUT2D eigenvalue weighted by Gasteiger charge is -2.02. The summed E-state index contributed by atoms with van der Waals surface area (Å²) in [4.78, 5) is 14.1. The predicted molar refractivity (Wildman–Crippen MR) is 42.2 cm³/mol. The van der Waals surface area contributed by atoms with E-state index in [0.29, 0.717) is 0 Å². The molecule has 5 heteroatoms. The van der Waals surface area contributed by atoms with E-state index in [-0.39, 0.29) is 17.8 Å². The van der Waals surface area contributed by atoms with E-state index in [4.69, 9.17) is 9.52 Å². The Hall–Kier alpha value is -1.52. The number of carboxylic acids is 1. The van der Waals surface area contributed by atoms with Crippen LogP contribution in [0.2, 0.25) is 0 Å². The number of aromatic carboxylic acids is 1. The number of oxazole rings is 1. The lowest BCUT2D eigenvalue weighted by atomic mass is 10.4. The summed E-state index contributed by atoms with van der Waals surface area (Å²) in [7, 11) is 0. The van der Waals surface area contributed by atoms with Gasteiger partial charge in [-0.1, -0.05) is 0 Å². The summed E-state index contributed by atoms with van der Waals surface area (Å²) < 4.78 is 4.83. The monoisotopic (exact) mass is 170 g/mol. The summed E-state index contributed by atoms with van der Waals surface area (Å²) in [6.45, 7) is 3.81. The van der Waals surface area contributed by atoms with Gasteiger partial charge in [0.1, 0.15) is 0 Å². The zero-order valence-electron chi connectivity index (χ0n) is 6.87. The van der Waals surface area contributed by atoms with Crippen molar-refractivity contribution in [2.75, 3.05) is 5.32 Å². The molecule has 0 saturated carbocycles. The lowest BCUT2D eigenvalue weighted by Crippen LogP contribution is -2.09. The maximum absolute atomic E-state index is 10.3. The Bertz CT molecular complexity index is 280. The number of nitrogens with zero attached hydrogens (tertiary/aromatic N) is 1. The molecule has 0 aromatic carbocycles. The van der Waals surface area contributed by atoms with E-state index in [2.05, 4.69) is 10.3 Å². The van der Waals surface area contributed by atoms with Gasteiger partial charge in [-0.15, -0.1) is 0 Å². The molecule has 12 heavy (non-hydrogen) atoms. The van der Waals surface area contributed by atoms with Crippen molar-refractivity contribution in [1.82, 2.24) is 4.98 Å². The largest absolute Gasteiger partial charge is 0.475 e. The molecule has 0 radical (unpaired) electrons. The number of nitrogens with one attached hydrogen (secondary N) is 1. The third-order valence-corrected chi connectivity index (χ3v) is 1.13. The number of hydrogen-bond donors (Lipinski definition) is 2. The molecular weight excluding hydrogens is 160 g/mol. The second-order valence-corrected chi connectivity index (χ2v) is 2.63. The van der Waals surface area contributed by atoms with E-state index in [1.807, 2.05) is 13.8 Å². The summed E-state index contributed by atoms with van der Waals surface area (Å²) in [5, 5.41) is 11.3. The van der Waals surface area contributed by atoms with Crippen LogP contribution in [-0.2, 0) is 0 Å². The van der Waals surface area contributed by atoms with Crippen LogP contribution in [0.5, 0.6) is 0 Å². The molecule has 5 nitrogen and oxygen atoms in total. The van der Waals surface area contributed by atoms with Gasteiger partial charge in [-0.05, 0) is 13.8 Å². The highest BCUT2D eigenvalue weighted by Gasteiger charge is 2.10. The van der Waals surface area contributed by atoms with Gasteiger partial charge < -0.3 is 14.8 Å². The van der Waals surface area contributed by atoms with Gasteiger partial charge in [0.15, 0.2) is 0 Å². The highest BCUT2D eigenvalue weighted by atomic mass is 16.4. The zero-order valence-corrected chi connectivity index (χ0v) is 6.87. The standard InChI is InChI=1S/C7H10N2O3/c1-4(2)9-7-8-3-5(12-7)6(10)11/h3-4H,1-2H3,(H,8,9)(H,10,11). The van der Waals surface area contributed by atoms with Crippen molar-refractivity contribution in [3.63, 3.8) is 0 Å². The molecule has 0 fully saturated rings. The molecule has 2 N–H and O–H groups in total. The highest BCUT2D eigenvalue weighted by molar-refractivity contribution is 5.84. The number of carboxylic acid groups (broad SMARTS) is 1. The molecule has 0 amide bonds. The van der Waals surface area contributed by atoms with Crippen LogP contribution in [0.15, 0.2) is 10.6 Å².